The maximum atomic E-state index is 13.0. The first-order chi connectivity index (χ1) is 11.9. The summed E-state index contributed by atoms with van der Waals surface area (Å²) in [6, 6.07) is 10.5. The molecule has 0 saturated heterocycles. The molecule has 0 aromatic heterocycles. The van der Waals surface area contributed by atoms with E-state index in [0.717, 1.165) is 6.07 Å². The minimum atomic E-state index is -0.921. The predicted molar refractivity (Wildman–Crippen MR) is 84.7 cm³/mol. The monoisotopic (exact) mass is 350 g/mol. The lowest BCUT2D eigenvalue weighted by molar-refractivity contribution is -0.133. The van der Waals surface area contributed by atoms with Gasteiger partial charge in [0.25, 0.3) is 11.8 Å². The van der Waals surface area contributed by atoms with E-state index in [1.807, 2.05) is 0 Å². The van der Waals surface area contributed by atoms with E-state index in [1.165, 1.54) is 49.4 Å². The number of halogens is 2. The quantitative estimate of drug-likeness (QED) is 0.781. The summed E-state index contributed by atoms with van der Waals surface area (Å²) in [5.74, 6) is -1.65. The van der Waals surface area contributed by atoms with Crippen LogP contribution in [0.25, 0.3) is 0 Å². The van der Waals surface area contributed by atoms with Gasteiger partial charge in [-0.2, -0.15) is 0 Å². The minimum Gasteiger partial charge on any atom is -0.484 e. The lowest BCUT2D eigenvalue weighted by Gasteiger charge is -2.15. The van der Waals surface area contributed by atoms with Gasteiger partial charge in [0.1, 0.15) is 23.1 Å². The number of ether oxygens (including phenoxy) is 2. The number of carbonyl (C=O) groups excluding carboxylic acids is 2. The summed E-state index contributed by atoms with van der Waals surface area (Å²) < 4.78 is 36.1. The van der Waals surface area contributed by atoms with E-state index >= 15 is 0 Å². The molecule has 132 valence electrons. The van der Waals surface area contributed by atoms with Gasteiger partial charge in [0.15, 0.2) is 12.7 Å². The molecule has 2 amide bonds. The Morgan fingerprint density at radius 3 is 2.40 bits per heavy atom. The molecule has 6 nitrogen and oxygen atoms in total. The second kappa shape index (κ2) is 8.62. The van der Waals surface area contributed by atoms with Gasteiger partial charge in [0.05, 0.1) is 0 Å². The highest BCUT2D eigenvalue weighted by atomic mass is 19.1. The fourth-order valence-corrected chi connectivity index (χ4v) is 1.75. The smallest absolute Gasteiger partial charge is 0.279 e. The Morgan fingerprint density at radius 1 is 1.00 bits per heavy atom. The summed E-state index contributed by atoms with van der Waals surface area (Å²) in [7, 11) is 0. The van der Waals surface area contributed by atoms with E-state index in [0.29, 0.717) is 5.75 Å². The van der Waals surface area contributed by atoms with Crippen LogP contribution >= 0.6 is 0 Å². The van der Waals surface area contributed by atoms with Crippen LogP contribution in [0.15, 0.2) is 48.5 Å². The lowest BCUT2D eigenvalue weighted by atomic mass is 10.3. The first-order valence-electron chi connectivity index (χ1n) is 7.33. The molecule has 0 fully saturated rings. The molecule has 1 atom stereocenters. The van der Waals surface area contributed by atoms with Gasteiger partial charge < -0.3 is 9.47 Å². The summed E-state index contributed by atoms with van der Waals surface area (Å²) in [6.07, 6.45) is -0.921. The van der Waals surface area contributed by atoms with Crippen molar-refractivity contribution in [1.29, 1.82) is 0 Å². The van der Waals surface area contributed by atoms with E-state index in [-0.39, 0.29) is 5.75 Å². The normalized spacial score (nSPS) is 11.3. The zero-order chi connectivity index (χ0) is 18.2. The molecule has 0 heterocycles. The zero-order valence-corrected chi connectivity index (χ0v) is 13.3. The molecule has 0 bridgehead atoms. The molecule has 2 aromatic rings. The first kappa shape index (κ1) is 18.2. The second-order valence-corrected chi connectivity index (χ2v) is 5.00. The number of benzene rings is 2. The van der Waals surface area contributed by atoms with E-state index in [4.69, 9.17) is 9.47 Å². The molecule has 8 heteroatoms. The Bertz CT molecular complexity index is 738. The van der Waals surface area contributed by atoms with Crippen molar-refractivity contribution in [3.05, 3.63) is 60.2 Å². The SMILES string of the molecule is CC(Oc1ccc(F)cc1)C(=O)NNC(=O)COc1cccc(F)c1. The number of amides is 2. The number of nitrogens with one attached hydrogen (secondary N) is 2. The van der Waals surface area contributed by atoms with Crippen molar-refractivity contribution in [2.45, 2.75) is 13.0 Å². The van der Waals surface area contributed by atoms with E-state index in [1.54, 1.807) is 0 Å². The maximum Gasteiger partial charge on any atom is 0.279 e. The van der Waals surface area contributed by atoms with E-state index in [9.17, 15) is 18.4 Å². The average molecular weight is 350 g/mol. The van der Waals surface area contributed by atoms with Crippen molar-refractivity contribution in [3.8, 4) is 11.5 Å². The second-order valence-electron chi connectivity index (χ2n) is 5.00. The summed E-state index contributed by atoms with van der Waals surface area (Å²) in [5.41, 5.74) is 4.32. The molecule has 0 saturated carbocycles. The van der Waals surface area contributed by atoms with E-state index in [2.05, 4.69) is 10.9 Å². The first-order valence-corrected chi connectivity index (χ1v) is 7.33. The van der Waals surface area contributed by atoms with Crippen molar-refractivity contribution < 1.29 is 27.8 Å². The third-order valence-electron chi connectivity index (χ3n) is 2.99. The Balaban J connectivity index is 1.72. The number of hydrogen-bond acceptors (Lipinski definition) is 4. The van der Waals surface area contributed by atoms with Crippen LogP contribution in [0.3, 0.4) is 0 Å². The lowest BCUT2D eigenvalue weighted by Crippen LogP contribution is -2.48. The molecule has 0 aliphatic heterocycles. The molecule has 1 unspecified atom stereocenters. The molecular formula is C17H16F2N2O4. The Kier molecular flexibility index (Phi) is 6.27. The van der Waals surface area contributed by atoms with Crippen molar-refractivity contribution in [1.82, 2.24) is 10.9 Å². The summed E-state index contributed by atoms with van der Waals surface area (Å²) >= 11 is 0. The largest absolute Gasteiger partial charge is 0.484 e. The van der Waals surface area contributed by atoms with Crippen molar-refractivity contribution >= 4 is 11.8 Å². The minimum absolute atomic E-state index is 0.189. The van der Waals surface area contributed by atoms with Gasteiger partial charge in [-0.1, -0.05) is 6.07 Å². The van der Waals surface area contributed by atoms with Crippen LogP contribution in [0.5, 0.6) is 11.5 Å². The topological polar surface area (TPSA) is 76.7 Å². The summed E-state index contributed by atoms with van der Waals surface area (Å²) in [4.78, 5) is 23.4. The standard InChI is InChI=1S/C17H16F2N2O4/c1-11(25-14-7-5-12(18)6-8-14)17(23)21-20-16(22)10-24-15-4-2-3-13(19)9-15/h2-9,11H,10H2,1H3,(H,20,22)(H,21,23). The number of hydrogen-bond donors (Lipinski definition) is 2. The maximum absolute atomic E-state index is 13.0. The number of rotatable bonds is 6. The Morgan fingerprint density at radius 2 is 1.72 bits per heavy atom. The predicted octanol–water partition coefficient (Wildman–Crippen LogP) is 1.96. The van der Waals surface area contributed by atoms with Gasteiger partial charge in [0.2, 0.25) is 0 Å². The van der Waals surface area contributed by atoms with Crippen LogP contribution in [-0.4, -0.2) is 24.5 Å². The highest BCUT2D eigenvalue weighted by Crippen LogP contribution is 2.13. The van der Waals surface area contributed by atoms with Crippen LogP contribution in [0.4, 0.5) is 8.78 Å². The van der Waals surface area contributed by atoms with Gasteiger partial charge in [-0.05, 0) is 43.3 Å². The molecule has 0 radical (unpaired) electrons. The van der Waals surface area contributed by atoms with Crippen LogP contribution in [0, 0.1) is 11.6 Å². The molecule has 2 rings (SSSR count). The molecular weight excluding hydrogens is 334 g/mol. The molecule has 0 aliphatic rings. The third kappa shape index (κ3) is 6.09. The van der Waals surface area contributed by atoms with Crippen molar-refractivity contribution in [2.24, 2.45) is 0 Å². The van der Waals surface area contributed by atoms with Gasteiger partial charge in [-0.25, -0.2) is 8.78 Å². The zero-order valence-electron chi connectivity index (χ0n) is 13.3. The number of carbonyl (C=O) groups is 2. The number of hydrazine groups is 1. The van der Waals surface area contributed by atoms with Crippen LogP contribution in [0.2, 0.25) is 0 Å². The average Bonchev–Trinajstić information content (AvgIpc) is 2.60. The van der Waals surface area contributed by atoms with Crippen molar-refractivity contribution in [2.75, 3.05) is 6.61 Å². The highest BCUT2D eigenvalue weighted by Gasteiger charge is 2.15. The van der Waals surface area contributed by atoms with Crippen LogP contribution in [0.1, 0.15) is 6.92 Å². The van der Waals surface area contributed by atoms with E-state index < -0.39 is 36.2 Å². The van der Waals surface area contributed by atoms with Gasteiger partial charge >= 0.3 is 0 Å². The van der Waals surface area contributed by atoms with Crippen LogP contribution in [-0.2, 0) is 9.59 Å². The summed E-state index contributed by atoms with van der Waals surface area (Å²) in [5, 5.41) is 0. The molecule has 0 aliphatic carbocycles. The van der Waals surface area contributed by atoms with Crippen LogP contribution < -0.4 is 20.3 Å². The van der Waals surface area contributed by atoms with Gasteiger partial charge in [0, 0.05) is 6.07 Å². The molecule has 2 N–H and O–H groups in total. The fourth-order valence-electron chi connectivity index (χ4n) is 1.75. The van der Waals surface area contributed by atoms with Gasteiger partial charge in [-0.15, -0.1) is 0 Å². The molecule has 25 heavy (non-hydrogen) atoms. The Hall–Kier alpha value is -3.16. The third-order valence-corrected chi connectivity index (χ3v) is 2.99. The molecule has 2 aromatic carbocycles. The highest BCUT2D eigenvalue weighted by molar-refractivity contribution is 5.85. The van der Waals surface area contributed by atoms with Crippen molar-refractivity contribution in [3.63, 3.8) is 0 Å². The Labute approximate surface area is 142 Å². The van der Waals surface area contributed by atoms with Gasteiger partial charge in [-0.3, -0.25) is 20.4 Å². The summed E-state index contributed by atoms with van der Waals surface area (Å²) in [6.45, 7) is 1.06. The molecule has 0 spiro atoms. The fraction of sp³-hybridized carbons (Fsp3) is 0.176.